The number of carbonyl (C=O) groups excluding carboxylic acids is 2. The van der Waals surface area contributed by atoms with E-state index in [9.17, 15) is 9.59 Å². The van der Waals surface area contributed by atoms with Crippen LogP contribution in [0.5, 0.6) is 5.88 Å². The summed E-state index contributed by atoms with van der Waals surface area (Å²) < 4.78 is 7.35. The number of hydrogen-bond acceptors (Lipinski definition) is 8. The average molecular weight is 675 g/mol. The first-order valence-corrected chi connectivity index (χ1v) is 17.2. The quantitative estimate of drug-likeness (QED) is 0.203. The zero-order valence-electron chi connectivity index (χ0n) is 28.9. The molecule has 2 aromatic carbocycles. The van der Waals surface area contributed by atoms with Crippen LogP contribution in [0.1, 0.15) is 49.8 Å². The van der Waals surface area contributed by atoms with Gasteiger partial charge in [-0.3, -0.25) is 24.6 Å². The highest BCUT2D eigenvalue weighted by Gasteiger charge is 2.51. The lowest BCUT2D eigenvalue weighted by atomic mass is 9.85. The molecule has 2 saturated heterocycles. The molecule has 0 unspecified atom stereocenters. The Hall–Kier alpha value is -5.36. The van der Waals surface area contributed by atoms with Gasteiger partial charge in [-0.2, -0.15) is 5.10 Å². The van der Waals surface area contributed by atoms with Crippen molar-refractivity contribution < 1.29 is 19.7 Å². The number of benzene rings is 2. The van der Waals surface area contributed by atoms with Gasteiger partial charge in [-0.15, -0.1) is 0 Å². The molecule has 0 bridgehead atoms. The van der Waals surface area contributed by atoms with E-state index in [-0.39, 0.29) is 17.9 Å². The summed E-state index contributed by atoms with van der Waals surface area (Å²) in [4.78, 5) is 42.0. The number of likely N-dealkylation sites (tertiary alicyclic amines) is 1. The van der Waals surface area contributed by atoms with E-state index < -0.39 is 5.41 Å². The van der Waals surface area contributed by atoms with Crippen LogP contribution < -0.4 is 20.8 Å². The maximum absolute atomic E-state index is 14.0. The Bertz CT molecular complexity index is 1950. The van der Waals surface area contributed by atoms with E-state index in [1.807, 2.05) is 61.0 Å². The van der Waals surface area contributed by atoms with Crippen molar-refractivity contribution in [3.63, 3.8) is 0 Å². The van der Waals surface area contributed by atoms with Crippen molar-refractivity contribution in [2.45, 2.75) is 39.2 Å². The monoisotopic (exact) mass is 674 g/mol. The highest BCUT2D eigenvalue weighted by molar-refractivity contribution is 6.13. The molecule has 0 saturated carbocycles. The number of nitrogens with two attached hydrogens (primary N) is 2. The highest BCUT2D eigenvalue weighted by Crippen LogP contribution is 2.43. The second-order valence-corrected chi connectivity index (χ2v) is 13.8. The molecule has 0 aliphatic carbocycles. The predicted molar refractivity (Wildman–Crippen MR) is 192 cm³/mol. The predicted octanol–water partition coefficient (Wildman–Crippen LogP) is 2.59. The average Bonchev–Trinajstić information content (AvgIpc) is 3.83. The maximum atomic E-state index is 14.0. The number of hydrogen-bond donors (Lipinski definition) is 2. The second-order valence-electron chi connectivity index (χ2n) is 13.8. The molecule has 12 heteroatoms. The number of pyridine rings is 1. The first-order chi connectivity index (χ1) is 24.1. The standard InChI is InChI=1S/C38H43N9O3/c1-25(2)50-33-11-8-29(21-41-33)35(40)31-20-30(9-10-32(31)39)47-19-15-38(37(47)49)14-18-45(23-38)22-34(48)46-16-12-27(13-17-46)26-4-6-28(7-5-26)36-42-24-44(3)43-36/h4-12,20-21,24-25,40H,13-19,22-23,39H2,1-3H3/p+1/t38-/m0/s1. The van der Waals surface area contributed by atoms with E-state index in [0.29, 0.717) is 61.4 Å². The fraction of sp³-hybridized carbons (Fsp3) is 0.368. The summed E-state index contributed by atoms with van der Waals surface area (Å²) in [6.07, 6.45) is 7.80. The van der Waals surface area contributed by atoms with Gasteiger partial charge in [0, 0.05) is 62.4 Å². The molecule has 1 spiro atoms. The van der Waals surface area contributed by atoms with E-state index in [4.69, 9.17) is 15.9 Å². The van der Waals surface area contributed by atoms with Crippen molar-refractivity contribution in [3.05, 3.63) is 89.9 Å². The molecule has 2 fully saturated rings. The van der Waals surface area contributed by atoms with Crippen molar-refractivity contribution in [1.29, 1.82) is 0 Å². The Morgan fingerprint density at radius 1 is 1.02 bits per heavy atom. The summed E-state index contributed by atoms with van der Waals surface area (Å²) in [5.41, 5.74) is 12.4. The number of rotatable bonds is 9. The van der Waals surface area contributed by atoms with Crippen molar-refractivity contribution in [3.8, 4) is 17.3 Å². The minimum Gasteiger partial charge on any atom is -0.475 e. The van der Waals surface area contributed by atoms with Crippen molar-refractivity contribution in [2.24, 2.45) is 12.5 Å². The molecule has 3 aliphatic heterocycles. The third-order valence-corrected chi connectivity index (χ3v) is 10.0. The molecule has 3 aliphatic rings. The van der Waals surface area contributed by atoms with Gasteiger partial charge in [0.25, 0.3) is 0 Å². The van der Waals surface area contributed by atoms with Gasteiger partial charge in [-0.1, -0.05) is 30.3 Å². The number of aryl methyl sites for hydroxylation is 1. The molecule has 258 valence electrons. The van der Waals surface area contributed by atoms with Crippen LogP contribution in [0, 0.1) is 5.41 Å². The molecule has 4 aromatic rings. The van der Waals surface area contributed by atoms with Gasteiger partial charge >= 0.3 is 0 Å². The third kappa shape index (κ3) is 6.62. The normalized spacial score (nSPS) is 19.4. The summed E-state index contributed by atoms with van der Waals surface area (Å²) >= 11 is 0. The van der Waals surface area contributed by atoms with Crippen LogP contribution in [0.25, 0.3) is 17.0 Å². The van der Waals surface area contributed by atoms with E-state index in [1.165, 1.54) is 5.57 Å². The lowest BCUT2D eigenvalue weighted by molar-refractivity contribution is -0.132. The van der Waals surface area contributed by atoms with Crippen molar-refractivity contribution in [1.82, 2.24) is 29.5 Å². The number of ether oxygens (including phenoxy) is 1. The maximum Gasteiger partial charge on any atom is 0.237 e. The van der Waals surface area contributed by atoms with Gasteiger partial charge in [0.05, 0.1) is 29.2 Å². The number of carbonyl (C=O) groups is 2. The number of anilines is 2. The fourth-order valence-corrected chi connectivity index (χ4v) is 7.24. The van der Waals surface area contributed by atoms with Crippen molar-refractivity contribution in [2.75, 3.05) is 49.9 Å². The number of amides is 2. The summed E-state index contributed by atoms with van der Waals surface area (Å²) in [6.45, 7) is 7.36. The Morgan fingerprint density at radius 2 is 1.80 bits per heavy atom. The van der Waals surface area contributed by atoms with Crippen LogP contribution in [0.3, 0.4) is 0 Å². The van der Waals surface area contributed by atoms with Gasteiger partial charge in [0.1, 0.15) is 6.33 Å². The lowest BCUT2D eigenvalue weighted by Gasteiger charge is -2.29. The van der Waals surface area contributed by atoms with Crippen LogP contribution in [0.4, 0.5) is 11.4 Å². The van der Waals surface area contributed by atoms with E-state index >= 15 is 0 Å². The molecule has 7 rings (SSSR count). The molecular formula is C38H44N9O3+. The van der Waals surface area contributed by atoms with Gasteiger partial charge in [-0.25, -0.2) is 9.97 Å². The lowest BCUT2D eigenvalue weighted by Crippen LogP contribution is -2.43. The Morgan fingerprint density at radius 3 is 2.48 bits per heavy atom. The molecule has 5 heterocycles. The zero-order valence-corrected chi connectivity index (χ0v) is 28.9. The second kappa shape index (κ2) is 13.5. The van der Waals surface area contributed by atoms with Crippen LogP contribution in [-0.4, -0.2) is 92.4 Å². The highest BCUT2D eigenvalue weighted by atomic mass is 16.5. The molecule has 2 aromatic heterocycles. The minimum absolute atomic E-state index is 0.0175. The topological polar surface area (TPSA) is 148 Å². The molecule has 50 heavy (non-hydrogen) atoms. The van der Waals surface area contributed by atoms with Gasteiger partial charge in [0.15, 0.2) is 5.82 Å². The number of nitrogen functional groups attached to an aromatic ring is 1. The summed E-state index contributed by atoms with van der Waals surface area (Å²) in [7, 11) is 1.85. The Kier molecular flexibility index (Phi) is 8.96. The zero-order chi connectivity index (χ0) is 35.0. The van der Waals surface area contributed by atoms with Crippen LogP contribution in [0.2, 0.25) is 0 Å². The van der Waals surface area contributed by atoms with E-state index in [1.54, 1.807) is 29.3 Å². The molecule has 1 atom stereocenters. The largest absolute Gasteiger partial charge is 0.475 e. The molecule has 0 radical (unpaired) electrons. The summed E-state index contributed by atoms with van der Waals surface area (Å²) in [5.74, 6) is 1.42. The van der Waals surface area contributed by atoms with Gasteiger partial charge < -0.3 is 20.3 Å². The number of aromatic nitrogens is 4. The molecular weight excluding hydrogens is 630 g/mol. The Labute approximate surface area is 292 Å². The van der Waals surface area contributed by atoms with Crippen LogP contribution in [-0.2, 0) is 16.6 Å². The van der Waals surface area contributed by atoms with Gasteiger partial charge in [0.2, 0.25) is 23.4 Å². The molecule has 4 N–H and O–H groups in total. The first-order valence-electron chi connectivity index (χ1n) is 17.2. The smallest absolute Gasteiger partial charge is 0.237 e. The van der Waals surface area contributed by atoms with Gasteiger partial charge in [-0.05, 0) is 75.1 Å². The van der Waals surface area contributed by atoms with E-state index in [2.05, 4.69) is 38.2 Å². The Balaban J connectivity index is 0.951. The SMILES string of the molecule is CC(C)Oc1ccc(C(=[NH2+])c2cc(N3CC[C@]4(CCN(CC(=O)N5CC=C(c6ccc(-c7ncn(C)n7)cc6)CC5)C4)C3=O)ccc2N)cn1. The van der Waals surface area contributed by atoms with E-state index in [0.717, 1.165) is 48.2 Å². The third-order valence-electron chi connectivity index (χ3n) is 10.0. The first kappa shape index (κ1) is 33.2. The number of nitrogens with zero attached hydrogens (tertiary/aromatic N) is 7. The summed E-state index contributed by atoms with van der Waals surface area (Å²) in [6, 6.07) is 17.5. The van der Waals surface area contributed by atoms with Crippen LogP contribution in [0.15, 0.2) is 73.2 Å². The minimum atomic E-state index is -0.501. The fourth-order valence-electron chi connectivity index (χ4n) is 7.24. The van der Waals surface area contributed by atoms with Crippen LogP contribution >= 0.6 is 0 Å². The molecule has 2 amide bonds. The van der Waals surface area contributed by atoms with Crippen molar-refractivity contribution >= 4 is 34.5 Å². The summed E-state index contributed by atoms with van der Waals surface area (Å²) in [5, 5.41) is 11.0. The molecule has 12 nitrogen and oxygen atoms in total.